The molecular weight excluding hydrogens is 470 g/mol. The van der Waals surface area contributed by atoms with Crippen molar-refractivity contribution in [3.8, 4) is 22.5 Å². The van der Waals surface area contributed by atoms with E-state index in [4.69, 9.17) is 15.7 Å². The maximum atomic E-state index is 6.46. The number of likely N-dealkylation sites (N-methyl/N-ethyl adjacent to an activating group) is 1. The third-order valence-electron chi connectivity index (χ3n) is 8.50. The second-order valence-corrected chi connectivity index (χ2v) is 10.9. The highest BCUT2D eigenvalue weighted by atomic mass is 15.3. The Morgan fingerprint density at radius 2 is 1.68 bits per heavy atom. The quantitative estimate of drug-likeness (QED) is 0.372. The van der Waals surface area contributed by atoms with Crippen LogP contribution in [0.15, 0.2) is 67.0 Å². The van der Waals surface area contributed by atoms with E-state index in [1.807, 2.05) is 12.3 Å². The number of rotatable bonds is 4. The van der Waals surface area contributed by atoms with Crippen molar-refractivity contribution < 1.29 is 0 Å². The molecule has 0 atom stereocenters. The molecule has 2 N–H and O–H groups in total. The lowest BCUT2D eigenvalue weighted by Gasteiger charge is -2.45. The van der Waals surface area contributed by atoms with Crippen LogP contribution in [0.25, 0.3) is 38.9 Å². The van der Waals surface area contributed by atoms with E-state index in [0.717, 1.165) is 83.8 Å². The number of nitrogens with two attached hydrogens (primary N) is 1. The summed E-state index contributed by atoms with van der Waals surface area (Å²) in [6.07, 6.45) is 6.08. The number of imidazole rings is 1. The molecule has 2 fully saturated rings. The molecule has 0 amide bonds. The fourth-order valence-electron chi connectivity index (χ4n) is 6.17. The molecule has 7 heteroatoms. The summed E-state index contributed by atoms with van der Waals surface area (Å²) in [7, 11) is 2.21. The molecule has 2 aliphatic rings. The smallest absolute Gasteiger partial charge is 0.150 e. The predicted molar refractivity (Wildman–Crippen MR) is 153 cm³/mol. The molecule has 2 aromatic carbocycles. The van der Waals surface area contributed by atoms with Gasteiger partial charge in [-0.25, -0.2) is 15.0 Å². The van der Waals surface area contributed by atoms with Gasteiger partial charge in [-0.2, -0.15) is 0 Å². The van der Waals surface area contributed by atoms with Crippen molar-refractivity contribution in [2.75, 3.05) is 39.0 Å². The second kappa shape index (κ2) is 9.19. The molecule has 7 rings (SSSR count). The number of benzene rings is 2. The zero-order chi connectivity index (χ0) is 25.8. The predicted octanol–water partition coefficient (Wildman–Crippen LogP) is 5.00. The van der Waals surface area contributed by atoms with Crippen LogP contribution in [0.3, 0.4) is 0 Å². The summed E-state index contributed by atoms with van der Waals surface area (Å²) < 4.78 is 2.17. The number of aromatic nitrogens is 4. The van der Waals surface area contributed by atoms with Gasteiger partial charge in [-0.15, -0.1) is 0 Å². The topological polar surface area (TPSA) is 75.6 Å². The van der Waals surface area contributed by atoms with Crippen molar-refractivity contribution >= 4 is 22.2 Å². The first-order chi connectivity index (χ1) is 18.5. The molecule has 0 bridgehead atoms. The number of aryl methyl sites for hydroxylation is 1. The van der Waals surface area contributed by atoms with Crippen molar-refractivity contribution in [3.05, 3.63) is 78.4 Å². The standard InChI is InChI=1S/C31H33N7/c1-20-16-26(21-6-4-3-5-7-21)34-27-19-22(8-9-25(20)27)28-29-30(32)33-10-11-38(29)31(35-28)23-17-24(18-23)37-14-12-36(2)13-15-37/h3-11,16,19,23-24H,12-15,17-18H2,1-2H3,(H2,32,33). The normalized spacial score (nSPS) is 20.7. The van der Waals surface area contributed by atoms with E-state index in [1.54, 1.807) is 6.20 Å². The van der Waals surface area contributed by atoms with Gasteiger partial charge in [-0.1, -0.05) is 42.5 Å². The van der Waals surface area contributed by atoms with Gasteiger partial charge in [-0.05, 0) is 44.5 Å². The Kier molecular flexibility index (Phi) is 5.64. The molecule has 7 nitrogen and oxygen atoms in total. The molecule has 1 saturated carbocycles. The number of hydrogen-bond acceptors (Lipinski definition) is 6. The van der Waals surface area contributed by atoms with Gasteiger partial charge < -0.3 is 10.6 Å². The second-order valence-electron chi connectivity index (χ2n) is 10.9. The van der Waals surface area contributed by atoms with E-state index in [-0.39, 0.29) is 0 Å². The number of fused-ring (bicyclic) bond motifs is 2. The molecule has 1 aliphatic heterocycles. The highest BCUT2D eigenvalue weighted by Gasteiger charge is 2.38. The zero-order valence-electron chi connectivity index (χ0n) is 22.0. The van der Waals surface area contributed by atoms with Crippen molar-refractivity contribution in [3.63, 3.8) is 0 Å². The van der Waals surface area contributed by atoms with Crippen molar-refractivity contribution in [1.29, 1.82) is 0 Å². The van der Waals surface area contributed by atoms with Gasteiger partial charge in [0.05, 0.1) is 11.2 Å². The summed E-state index contributed by atoms with van der Waals surface area (Å²) in [6.45, 7) is 6.78. The van der Waals surface area contributed by atoms with Gasteiger partial charge in [0.1, 0.15) is 22.9 Å². The number of nitrogen functional groups attached to an aromatic ring is 1. The minimum atomic E-state index is 0.424. The Balaban J connectivity index is 1.26. The van der Waals surface area contributed by atoms with Gasteiger partial charge in [0, 0.05) is 67.0 Å². The third-order valence-corrected chi connectivity index (χ3v) is 8.50. The number of pyridine rings is 1. The molecule has 0 radical (unpaired) electrons. The van der Waals surface area contributed by atoms with Gasteiger partial charge in [0.25, 0.3) is 0 Å². The first-order valence-corrected chi connectivity index (χ1v) is 13.6. The number of hydrogen-bond donors (Lipinski definition) is 1. The molecule has 38 heavy (non-hydrogen) atoms. The molecule has 0 spiro atoms. The van der Waals surface area contributed by atoms with Crippen molar-refractivity contribution in [2.45, 2.75) is 31.7 Å². The Labute approximate surface area is 223 Å². The Hall–Kier alpha value is -3.81. The minimum absolute atomic E-state index is 0.424. The van der Waals surface area contributed by atoms with E-state index in [9.17, 15) is 0 Å². The monoisotopic (exact) mass is 503 g/mol. The molecule has 192 valence electrons. The van der Waals surface area contributed by atoms with Crippen molar-refractivity contribution in [1.82, 2.24) is 29.2 Å². The molecule has 5 aromatic rings. The fraction of sp³-hybridized carbons (Fsp3) is 0.323. The summed E-state index contributed by atoms with van der Waals surface area (Å²) in [5, 5.41) is 1.15. The van der Waals surface area contributed by atoms with Gasteiger partial charge in [0.2, 0.25) is 0 Å². The largest absolute Gasteiger partial charge is 0.382 e. The lowest BCUT2D eigenvalue weighted by molar-refractivity contribution is 0.0586. The van der Waals surface area contributed by atoms with Crippen LogP contribution in [-0.2, 0) is 0 Å². The first kappa shape index (κ1) is 23.3. The summed E-state index contributed by atoms with van der Waals surface area (Å²) >= 11 is 0. The molecule has 4 heterocycles. The Bertz CT molecular complexity index is 1630. The molecule has 1 saturated heterocycles. The maximum Gasteiger partial charge on any atom is 0.150 e. The van der Waals surface area contributed by atoms with Crippen LogP contribution in [0.4, 0.5) is 5.82 Å². The molecule has 3 aromatic heterocycles. The third kappa shape index (κ3) is 3.94. The van der Waals surface area contributed by atoms with Crippen LogP contribution in [0.2, 0.25) is 0 Å². The van der Waals surface area contributed by atoms with Crippen LogP contribution >= 0.6 is 0 Å². The number of piperazine rings is 1. The highest BCUT2D eigenvalue weighted by Crippen LogP contribution is 2.42. The number of nitrogens with zero attached hydrogens (tertiary/aromatic N) is 6. The van der Waals surface area contributed by atoms with Gasteiger partial charge >= 0.3 is 0 Å². The lowest BCUT2D eigenvalue weighted by Crippen LogP contribution is -2.52. The Morgan fingerprint density at radius 1 is 0.895 bits per heavy atom. The van der Waals surface area contributed by atoms with Gasteiger partial charge in [-0.3, -0.25) is 9.30 Å². The van der Waals surface area contributed by atoms with Crippen molar-refractivity contribution in [2.24, 2.45) is 0 Å². The molecular formula is C31H33N7. The highest BCUT2D eigenvalue weighted by molar-refractivity contribution is 5.92. The van der Waals surface area contributed by atoms with Crippen LogP contribution in [0.1, 0.15) is 30.1 Å². The van der Waals surface area contributed by atoms with E-state index in [0.29, 0.717) is 17.8 Å². The summed E-state index contributed by atoms with van der Waals surface area (Å²) in [5.41, 5.74) is 13.5. The maximum absolute atomic E-state index is 6.46. The lowest BCUT2D eigenvalue weighted by atomic mass is 9.78. The first-order valence-electron chi connectivity index (χ1n) is 13.6. The fourth-order valence-corrected chi connectivity index (χ4v) is 6.17. The molecule has 1 aliphatic carbocycles. The van der Waals surface area contributed by atoms with Crippen LogP contribution in [0, 0.1) is 6.92 Å². The van der Waals surface area contributed by atoms with E-state index < -0.39 is 0 Å². The van der Waals surface area contributed by atoms with Crippen LogP contribution in [-0.4, -0.2) is 68.4 Å². The average Bonchev–Trinajstić information content (AvgIpc) is 3.30. The van der Waals surface area contributed by atoms with Gasteiger partial charge in [0.15, 0.2) is 0 Å². The van der Waals surface area contributed by atoms with Crippen LogP contribution in [0.5, 0.6) is 0 Å². The van der Waals surface area contributed by atoms with E-state index in [2.05, 4.69) is 81.7 Å². The zero-order valence-corrected chi connectivity index (χ0v) is 22.0. The number of anilines is 1. The summed E-state index contributed by atoms with van der Waals surface area (Å²) in [5.74, 6) is 2.03. The summed E-state index contributed by atoms with van der Waals surface area (Å²) in [6, 6.07) is 19.6. The summed E-state index contributed by atoms with van der Waals surface area (Å²) in [4.78, 5) is 19.8. The molecule has 0 unspecified atom stereocenters. The SMILES string of the molecule is Cc1cc(-c2ccccc2)nc2cc(-c3nc(C4CC(N5CCN(C)CC5)C4)n4ccnc(N)c34)ccc12. The van der Waals surface area contributed by atoms with E-state index in [1.165, 1.54) is 5.56 Å². The van der Waals surface area contributed by atoms with E-state index >= 15 is 0 Å². The Morgan fingerprint density at radius 3 is 2.47 bits per heavy atom. The minimum Gasteiger partial charge on any atom is -0.382 e. The van der Waals surface area contributed by atoms with Crippen LogP contribution < -0.4 is 5.73 Å². The average molecular weight is 504 g/mol.